The van der Waals surface area contributed by atoms with Crippen molar-refractivity contribution in [2.45, 2.75) is 57.6 Å². The van der Waals surface area contributed by atoms with E-state index < -0.39 is 28.5 Å². The molecule has 0 fully saturated rings. The highest BCUT2D eigenvalue weighted by Crippen LogP contribution is 2.26. The molecule has 0 saturated carbocycles. The van der Waals surface area contributed by atoms with Crippen LogP contribution in [0.5, 0.6) is 0 Å². The van der Waals surface area contributed by atoms with Gasteiger partial charge in [-0.2, -0.15) is 0 Å². The van der Waals surface area contributed by atoms with Crippen molar-refractivity contribution in [2.24, 2.45) is 0 Å². The predicted molar refractivity (Wildman–Crippen MR) is 152 cm³/mol. The molecule has 1 unspecified atom stereocenters. The van der Waals surface area contributed by atoms with Crippen LogP contribution < -0.4 is 9.62 Å². The second-order valence-corrected chi connectivity index (χ2v) is 11.7. The third-order valence-corrected chi connectivity index (χ3v) is 8.02. The van der Waals surface area contributed by atoms with Crippen molar-refractivity contribution >= 4 is 39.1 Å². The minimum absolute atomic E-state index is 0.00964. The summed E-state index contributed by atoms with van der Waals surface area (Å²) in [6.07, 6.45) is 0.367. The van der Waals surface area contributed by atoms with Crippen molar-refractivity contribution in [1.82, 2.24) is 10.2 Å². The number of amides is 2. The fraction of sp³-hybridized carbons (Fsp3) is 0.310. The highest BCUT2D eigenvalue weighted by atomic mass is 35.5. The summed E-state index contributed by atoms with van der Waals surface area (Å²) >= 11 is 5.99. The van der Waals surface area contributed by atoms with Crippen LogP contribution in [0.3, 0.4) is 0 Å². The number of hydrogen-bond acceptors (Lipinski definition) is 4. The van der Waals surface area contributed by atoms with Crippen LogP contribution in [0, 0.1) is 6.92 Å². The first-order chi connectivity index (χ1) is 18.0. The molecule has 0 spiro atoms. The Hall–Kier alpha value is -3.36. The molecule has 0 aromatic heterocycles. The molecule has 1 N–H and O–H groups in total. The van der Waals surface area contributed by atoms with E-state index in [0.29, 0.717) is 17.1 Å². The molecule has 2 amide bonds. The fourth-order valence-corrected chi connectivity index (χ4v) is 5.66. The van der Waals surface area contributed by atoms with Gasteiger partial charge < -0.3 is 10.2 Å². The van der Waals surface area contributed by atoms with Gasteiger partial charge in [-0.3, -0.25) is 13.9 Å². The Labute approximate surface area is 230 Å². The molecule has 0 aliphatic heterocycles. The fourth-order valence-electron chi connectivity index (χ4n) is 4.13. The van der Waals surface area contributed by atoms with Crippen molar-refractivity contribution < 1.29 is 18.0 Å². The number of rotatable bonds is 11. The van der Waals surface area contributed by atoms with E-state index in [1.54, 1.807) is 18.2 Å². The van der Waals surface area contributed by atoms with Gasteiger partial charge in [0.05, 0.1) is 10.6 Å². The van der Waals surface area contributed by atoms with Crippen LogP contribution in [-0.4, -0.2) is 43.8 Å². The molecule has 0 radical (unpaired) electrons. The second-order valence-electron chi connectivity index (χ2n) is 9.40. The van der Waals surface area contributed by atoms with Crippen molar-refractivity contribution in [1.29, 1.82) is 0 Å². The molecule has 7 nitrogen and oxygen atoms in total. The average molecular weight is 556 g/mol. The highest BCUT2D eigenvalue weighted by Gasteiger charge is 2.33. The molecule has 0 aliphatic rings. The number of carbonyl (C=O) groups excluding carboxylic acids is 2. The smallest absolute Gasteiger partial charge is 0.264 e. The monoisotopic (exact) mass is 555 g/mol. The van der Waals surface area contributed by atoms with E-state index in [9.17, 15) is 18.0 Å². The van der Waals surface area contributed by atoms with Crippen LogP contribution in [0.15, 0.2) is 83.8 Å². The molecule has 1 atom stereocenters. The van der Waals surface area contributed by atoms with Gasteiger partial charge in [0.25, 0.3) is 10.0 Å². The number of carbonyl (C=O) groups is 2. The quantitative estimate of drug-likeness (QED) is 0.353. The van der Waals surface area contributed by atoms with Crippen LogP contribution in [-0.2, 0) is 26.2 Å². The molecular weight excluding hydrogens is 522 g/mol. The summed E-state index contributed by atoms with van der Waals surface area (Å²) in [5.41, 5.74) is 2.03. The number of benzene rings is 3. The third kappa shape index (κ3) is 7.36. The predicted octanol–water partition coefficient (Wildman–Crippen LogP) is 5.18. The summed E-state index contributed by atoms with van der Waals surface area (Å²) in [5, 5.41) is 3.29. The van der Waals surface area contributed by atoms with E-state index in [-0.39, 0.29) is 23.4 Å². The molecule has 0 saturated heterocycles. The molecule has 3 rings (SSSR count). The topological polar surface area (TPSA) is 86.8 Å². The maximum absolute atomic E-state index is 14.0. The summed E-state index contributed by atoms with van der Waals surface area (Å²) in [6, 6.07) is 21.2. The number of nitrogens with zero attached hydrogens (tertiary/aromatic N) is 2. The zero-order chi connectivity index (χ0) is 27.9. The SMILES string of the molecule is CCC(C(=O)NC(C)C)N(Cc1ccccc1)C(=O)CN(c1cccc(C)c1)S(=O)(=O)c1ccc(Cl)cc1. The lowest BCUT2D eigenvalue weighted by atomic mass is 10.1. The molecule has 38 heavy (non-hydrogen) atoms. The lowest BCUT2D eigenvalue weighted by molar-refractivity contribution is -0.140. The second kappa shape index (κ2) is 12.9. The zero-order valence-electron chi connectivity index (χ0n) is 22.1. The third-order valence-electron chi connectivity index (χ3n) is 5.98. The van der Waals surface area contributed by atoms with Crippen LogP contribution in [0.4, 0.5) is 5.69 Å². The van der Waals surface area contributed by atoms with E-state index in [2.05, 4.69) is 5.32 Å². The van der Waals surface area contributed by atoms with E-state index >= 15 is 0 Å². The van der Waals surface area contributed by atoms with Gasteiger partial charge in [0.15, 0.2) is 0 Å². The van der Waals surface area contributed by atoms with Crippen LogP contribution >= 0.6 is 11.6 Å². The lowest BCUT2D eigenvalue weighted by Gasteiger charge is -2.33. The Morgan fingerprint density at radius 2 is 1.61 bits per heavy atom. The first kappa shape index (κ1) is 29.2. The van der Waals surface area contributed by atoms with E-state index in [0.717, 1.165) is 15.4 Å². The highest BCUT2D eigenvalue weighted by molar-refractivity contribution is 7.92. The van der Waals surface area contributed by atoms with Crippen molar-refractivity contribution in [3.8, 4) is 0 Å². The molecule has 9 heteroatoms. The largest absolute Gasteiger partial charge is 0.352 e. The van der Waals surface area contributed by atoms with Crippen LogP contribution in [0.2, 0.25) is 5.02 Å². The maximum Gasteiger partial charge on any atom is 0.264 e. The summed E-state index contributed by atoms with van der Waals surface area (Å²) < 4.78 is 28.7. The van der Waals surface area contributed by atoms with Crippen molar-refractivity contribution in [3.05, 3.63) is 95.0 Å². The average Bonchev–Trinajstić information content (AvgIpc) is 2.87. The number of sulfonamides is 1. The summed E-state index contributed by atoms with van der Waals surface area (Å²) in [7, 11) is -4.13. The first-order valence-corrected chi connectivity index (χ1v) is 14.3. The van der Waals surface area contributed by atoms with Gasteiger partial charge in [-0.1, -0.05) is 61.0 Å². The molecule has 0 bridgehead atoms. The van der Waals surface area contributed by atoms with Crippen molar-refractivity contribution in [3.63, 3.8) is 0 Å². The minimum Gasteiger partial charge on any atom is -0.352 e. The first-order valence-electron chi connectivity index (χ1n) is 12.5. The van der Waals surface area contributed by atoms with Crippen LogP contribution in [0.1, 0.15) is 38.3 Å². The van der Waals surface area contributed by atoms with E-state index in [4.69, 9.17) is 11.6 Å². The summed E-state index contributed by atoms with van der Waals surface area (Å²) in [6.45, 7) is 7.07. The number of halogens is 1. The van der Waals surface area contributed by atoms with Gasteiger partial charge in [-0.15, -0.1) is 0 Å². The van der Waals surface area contributed by atoms with Gasteiger partial charge in [0.2, 0.25) is 11.8 Å². The van der Waals surface area contributed by atoms with E-state index in [1.165, 1.54) is 29.2 Å². The Balaban J connectivity index is 2.05. The molecule has 3 aromatic carbocycles. The van der Waals surface area contributed by atoms with Gasteiger partial charge in [0, 0.05) is 17.6 Å². The minimum atomic E-state index is -4.13. The maximum atomic E-state index is 14.0. The summed E-state index contributed by atoms with van der Waals surface area (Å²) in [5.74, 6) is -0.770. The number of nitrogens with one attached hydrogen (secondary N) is 1. The Kier molecular flexibility index (Phi) is 9.94. The van der Waals surface area contributed by atoms with Gasteiger partial charge in [-0.05, 0) is 74.7 Å². The standard InChI is InChI=1S/C29H34ClN3O4S/c1-5-27(29(35)31-21(2)3)32(19-23-11-7-6-8-12-23)28(34)20-33(25-13-9-10-22(4)18-25)38(36,37)26-16-14-24(30)15-17-26/h6-18,21,27H,5,19-20H2,1-4H3,(H,31,35). The number of anilines is 1. The van der Waals surface area contributed by atoms with Crippen molar-refractivity contribution in [2.75, 3.05) is 10.8 Å². The number of aryl methyl sites for hydroxylation is 1. The molecular formula is C29H34ClN3O4S. The normalized spacial score (nSPS) is 12.2. The van der Waals surface area contributed by atoms with Gasteiger partial charge in [-0.25, -0.2) is 8.42 Å². The molecule has 0 heterocycles. The Morgan fingerprint density at radius 1 is 0.947 bits per heavy atom. The molecule has 3 aromatic rings. The molecule has 0 aliphatic carbocycles. The lowest BCUT2D eigenvalue weighted by Crippen LogP contribution is -2.53. The zero-order valence-corrected chi connectivity index (χ0v) is 23.7. The Morgan fingerprint density at radius 3 is 2.18 bits per heavy atom. The molecule has 202 valence electrons. The van der Waals surface area contributed by atoms with Crippen LogP contribution in [0.25, 0.3) is 0 Å². The Bertz CT molecular complexity index is 1350. The summed E-state index contributed by atoms with van der Waals surface area (Å²) in [4.78, 5) is 28.6. The van der Waals surface area contributed by atoms with E-state index in [1.807, 2.05) is 64.1 Å². The van der Waals surface area contributed by atoms with Gasteiger partial charge in [0.1, 0.15) is 12.6 Å². The number of hydrogen-bond donors (Lipinski definition) is 1. The van der Waals surface area contributed by atoms with Gasteiger partial charge >= 0.3 is 0 Å².